The second-order valence-corrected chi connectivity index (χ2v) is 5.40. The average Bonchev–Trinajstić information content (AvgIpc) is 2.27. The van der Waals surface area contributed by atoms with E-state index in [9.17, 15) is 4.79 Å². The Labute approximate surface area is 111 Å². The normalized spacial score (nSPS) is 12.6. The van der Waals surface area contributed by atoms with Crippen molar-refractivity contribution >= 4 is 23.3 Å². The number of carbonyl (C=O) groups is 1. The Morgan fingerprint density at radius 1 is 1.61 bits per heavy atom. The summed E-state index contributed by atoms with van der Waals surface area (Å²) in [4.78, 5) is 15.7. The summed E-state index contributed by atoms with van der Waals surface area (Å²) in [6.07, 6.45) is 1.33. The van der Waals surface area contributed by atoms with Crippen LogP contribution in [0.5, 0.6) is 0 Å². The van der Waals surface area contributed by atoms with Gasteiger partial charge in [-0.2, -0.15) is 5.26 Å². The van der Waals surface area contributed by atoms with Gasteiger partial charge in [-0.1, -0.05) is 32.4 Å². The smallest absolute Gasteiger partial charge is 0.253 e. The number of nitrogens with two attached hydrogens (primary N) is 1. The number of halogens is 1. The molecule has 0 aliphatic heterocycles. The Balaban J connectivity index is 2.89. The Bertz CT molecular complexity index is 502. The third kappa shape index (κ3) is 3.34. The minimum atomic E-state index is -0.596. The molecule has 5 nitrogen and oxygen atoms in total. The third-order valence-electron chi connectivity index (χ3n) is 2.40. The van der Waals surface area contributed by atoms with Crippen molar-refractivity contribution in [3.63, 3.8) is 0 Å². The van der Waals surface area contributed by atoms with E-state index in [0.29, 0.717) is 0 Å². The lowest BCUT2D eigenvalue weighted by Crippen LogP contribution is -2.42. The van der Waals surface area contributed by atoms with Crippen LogP contribution in [0, 0.1) is 16.7 Å². The van der Waals surface area contributed by atoms with Crippen LogP contribution in [0.2, 0.25) is 5.02 Å². The molecule has 3 N–H and O–H groups in total. The zero-order valence-electron chi connectivity index (χ0n) is 10.5. The maximum absolute atomic E-state index is 11.9. The van der Waals surface area contributed by atoms with E-state index in [2.05, 4.69) is 16.4 Å². The number of hydrogen-bond acceptors (Lipinski definition) is 4. The minimum Gasteiger partial charge on any atom is -0.382 e. The molecular formula is C12H15ClN4O. The number of carbonyl (C=O) groups excluding carboxylic acids is 1. The van der Waals surface area contributed by atoms with Crippen molar-refractivity contribution in [1.29, 1.82) is 5.26 Å². The molecule has 1 atom stereocenters. The number of amides is 1. The molecule has 0 saturated heterocycles. The quantitative estimate of drug-likeness (QED) is 0.856. The topological polar surface area (TPSA) is 91.8 Å². The van der Waals surface area contributed by atoms with Crippen LogP contribution in [-0.4, -0.2) is 16.9 Å². The summed E-state index contributed by atoms with van der Waals surface area (Å²) in [7, 11) is 0. The second kappa shape index (κ2) is 5.23. The Kier molecular flexibility index (Phi) is 4.15. The van der Waals surface area contributed by atoms with Gasteiger partial charge in [-0.15, -0.1) is 0 Å². The lowest BCUT2D eigenvalue weighted by molar-refractivity contribution is 0.0921. The van der Waals surface area contributed by atoms with E-state index >= 15 is 0 Å². The highest BCUT2D eigenvalue weighted by atomic mass is 35.5. The van der Waals surface area contributed by atoms with E-state index in [-0.39, 0.29) is 21.8 Å². The minimum absolute atomic E-state index is 0.167. The van der Waals surface area contributed by atoms with Gasteiger partial charge in [0.05, 0.1) is 16.7 Å². The molecule has 1 rings (SSSR count). The van der Waals surface area contributed by atoms with Crippen molar-refractivity contribution in [1.82, 2.24) is 10.3 Å². The molecule has 0 saturated carbocycles. The van der Waals surface area contributed by atoms with Crippen molar-refractivity contribution in [3.05, 3.63) is 22.8 Å². The van der Waals surface area contributed by atoms with E-state index in [4.69, 9.17) is 22.6 Å². The standard InChI is InChI=1S/C12H15ClN4O/c1-12(2,3)9(5-14)17-11(18)7-4-8(13)10(15)16-6-7/h4,6,9H,1-3H3,(H2,15,16)(H,17,18). The number of hydrogen-bond donors (Lipinski definition) is 2. The van der Waals surface area contributed by atoms with Gasteiger partial charge in [0.25, 0.3) is 5.91 Å². The third-order valence-corrected chi connectivity index (χ3v) is 2.71. The highest BCUT2D eigenvalue weighted by molar-refractivity contribution is 6.33. The largest absolute Gasteiger partial charge is 0.382 e. The fourth-order valence-electron chi connectivity index (χ4n) is 1.23. The van der Waals surface area contributed by atoms with Gasteiger partial charge in [-0.25, -0.2) is 4.98 Å². The molecule has 1 unspecified atom stereocenters. The maximum atomic E-state index is 11.9. The number of nitrogens with zero attached hydrogens (tertiary/aromatic N) is 2. The van der Waals surface area contributed by atoms with E-state index in [0.717, 1.165) is 0 Å². The van der Waals surface area contributed by atoms with Crippen molar-refractivity contribution in [2.45, 2.75) is 26.8 Å². The molecule has 0 aliphatic carbocycles. The van der Waals surface area contributed by atoms with Crippen LogP contribution in [-0.2, 0) is 0 Å². The number of nitriles is 1. The molecule has 0 radical (unpaired) electrons. The molecule has 0 spiro atoms. The van der Waals surface area contributed by atoms with Gasteiger partial charge in [0.2, 0.25) is 0 Å². The van der Waals surface area contributed by atoms with Crippen molar-refractivity contribution < 1.29 is 4.79 Å². The summed E-state index contributed by atoms with van der Waals surface area (Å²) in [5, 5.41) is 11.9. The second-order valence-electron chi connectivity index (χ2n) is 4.99. The number of nitrogens with one attached hydrogen (secondary N) is 1. The summed E-state index contributed by atoms with van der Waals surface area (Å²) in [5.41, 5.74) is 5.38. The highest BCUT2D eigenvalue weighted by Gasteiger charge is 2.26. The monoisotopic (exact) mass is 266 g/mol. The molecule has 0 fully saturated rings. The summed E-state index contributed by atoms with van der Waals surface area (Å²) in [6.45, 7) is 5.61. The molecule has 1 amide bonds. The van der Waals surface area contributed by atoms with Crippen LogP contribution in [0.15, 0.2) is 12.3 Å². The van der Waals surface area contributed by atoms with Gasteiger partial charge >= 0.3 is 0 Å². The van der Waals surface area contributed by atoms with Crippen molar-refractivity contribution in [2.24, 2.45) is 5.41 Å². The number of pyridine rings is 1. The van der Waals surface area contributed by atoms with Gasteiger partial charge in [0.15, 0.2) is 0 Å². The van der Waals surface area contributed by atoms with Crippen LogP contribution < -0.4 is 11.1 Å². The summed E-state index contributed by atoms with van der Waals surface area (Å²) < 4.78 is 0. The number of rotatable bonds is 2. The number of aromatic nitrogens is 1. The number of anilines is 1. The van der Waals surface area contributed by atoms with Crippen LogP contribution >= 0.6 is 11.6 Å². The Morgan fingerprint density at radius 2 is 2.22 bits per heavy atom. The van der Waals surface area contributed by atoms with Crippen LogP contribution in [0.3, 0.4) is 0 Å². The summed E-state index contributed by atoms with van der Waals surface area (Å²) >= 11 is 5.79. The molecule has 0 aromatic carbocycles. The molecule has 18 heavy (non-hydrogen) atoms. The average molecular weight is 267 g/mol. The fourth-order valence-corrected chi connectivity index (χ4v) is 1.40. The Hall–Kier alpha value is -1.80. The van der Waals surface area contributed by atoms with E-state index < -0.39 is 11.9 Å². The van der Waals surface area contributed by atoms with Gasteiger partial charge in [0, 0.05) is 6.20 Å². The van der Waals surface area contributed by atoms with E-state index in [1.54, 1.807) is 0 Å². The highest BCUT2D eigenvalue weighted by Crippen LogP contribution is 2.20. The molecule has 6 heteroatoms. The van der Waals surface area contributed by atoms with Crippen LogP contribution in [0.4, 0.5) is 5.82 Å². The molecule has 96 valence electrons. The first-order valence-electron chi connectivity index (χ1n) is 5.37. The molecule has 1 aromatic heterocycles. The lowest BCUT2D eigenvalue weighted by Gasteiger charge is -2.25. The zero-order chi connectivity index (χ0) is 13.9. The zero-order valence-corrected chi connectivity index (χ0v) is 11.2. The molecule has 0 aliphatic rings. The van der Waals surface area contributed by atoms with Crippen molar-refractivity contribution in [2.75, 3.05) is 5.73 Å². The number of nitrogen functional groups attached to an aromatic ring is 1. The predicted octanol–water partition coefficient (Wildman–Crippen LogP) is 1.99. The first kappa shape index (κ1) is 14.3. The molecule has 1 aromatic rings. The van der Waals surface area contributed by atoms with Crippen LogP contribution in [0.1, 0.15) is 31.1 Å². The fraction of sp³-hybridized carbons (Fsp3) is 0.417. The molecular weight excluding hydrogens is 252 g/mol. The molecule has 0 bridgehead atoms. The maximum Gasteiger partial charge on any atom is 0.253 e. The van der Waals surface area contributed by atoms with E-state index in [1.165, 1.54) is 12.3 Å². The lowest BCUT2D eigenvalue weighted by atomic mass is 9.87. The van der Waals surface area contributed by atoms with Crippen molar-refractivity contribution in [3.8, 4) is 6.07 Å². The SMILES string of the molecule is CC(C)(C)C(C#N)NC(=O)c1cnc(N)c(Cl)c1. The molecule has 1 heterocycles. The summed E-state index contributed by atoms with van der Waals surface area (Å²) in [5.74, 6) is -0.230. The van der Waals surface area contributed by atoms with Crippen LogP contribution in [0.25, 0.3) is 0 Å². The van der Waals surface area contributed by atoms with Gasteiger partial charge in [-0.3, -0.25) is 4.79 Å². The van der Waals surface area contributed by atoms with E-state index in [1.807, 2.05) is 20.8 Å². The van der Waals surface area contributed by atoms with Gasteiger partial charge in [-0.05, 0) is 11.5 Å². The first-order valence-corrected chi connectivity index (χ1v) is 5.75. The summed E-state index contributed by atoms with van der Waals surface area (Å²) in [6, 6.07) is 2.89. The predicted molar refractivity (Wildman–Crippen MR) is 70.0 cm³/mol. The Morgan fingerprint density at radius 3 is 2.67 bits per heavy atom. The first-order chi connectivity index (χ1) is 8.25. The van der Waals surface area contributed by atoms with Gasteiger partial charge in [0.1, 0.15) is 11.9 Å². The van der Waals surface area contributed by atoms with Gasteiger partial charge < -0.3 is 11.1 Å².